The molecule has 2 atom stereocenters. The number of carbonyl (C=O) groups excluding carboxylic acids is 2. The molecular weight excluding hydrogens is 663 g/mol. The molecule has 2 unspecified atom stereocenters. The van der Waals surface area contributed by atoms with Gasteiger partial charge in [0.15, 0.2) is 6.10 Å². The molecule has 0 fully saturated rings. The van der Waals surface area contributed by atoms with Gasteiger partial charge < -0.3 is 14.4 Å². The van der Waals surface area contributed by atoms with E-state index >= 15 is 0 Å². The molecule has 0 aliphatic heterocycles. The fourth-order valence-electron chi connectivity index (χ4n) is 4.91. The number of ether oxygens (including phenoxy) is 2. The standard InChI is InChI=1S/C42H71O8P/c1-4-6-8-10-12-14-16-18-19-20-21-22-23-25-27-29-31-33-35-37-42(44)50-40(39-49-51(45,46)47-3)38-48-41(43)36-34-32-30-28-26-24-17-15-13-11-9-7-5-2/h7,9,12-15,18-19,21-22,24,26,40H,4-6,8,10-11,16-17,20,23,25,27-39H2,1-3H3,(H,45,46)/b9-7-,14-12-,15-13-,19-18-,22-21-,26-24-. The highest BCUT2D eigenvalue weighted by Crippen LogP contribution is 2.42. The van der Waals surface area contributed by atoms with E-state index in [1.807, 2.05) is 0 Å². The van der Waals surface area contributed by atoms with Crippen molar-refractivity contribution < 1.29 is 37.6 Å². The summed E-state index contributed by atoms with van der Waals surface area (Å²) in [6.45, 7) is 3.69. The zero-order valence-electron chi connectivity index (χ0n) is 32.2. The number of phosphoric ester groups is 1. The van der Waals surface area contributed by atoms with Crippen LogP contribution < -0.4 is 0 Å². The normalized spacial score (nSPS) is 14.2. The van der Waals surface area contributed by atoms with E-state index in [2.05, 4.69) is 91.3 Å². The Morgan fingerprint density at radius 2 is 1.00 bits per heavy atom. The molecule has 0 aliphatic rings. The molecule has 0 aromatic rings. The molecule has 0 aromatic heterocycles. The van der Waals surface area contributed by atoms with Crippen LogP contribution in [0.4, 0.5) is 0 Å². The van der Waals surface area contributed by atoms with Gasteiger partial charge in [-0.3, -0.25) is 18.6 Å². The minimum atomic E-state index is -4.27. The Morgan fingerprint density at radius 1 is 0.569 bits per heavy atom. The highest BCUT2D eigenvalue weighted by molar-refractivity contribution is 7.47. The van der Waals surface area contributed by atoms with E-state index in [0.717, 1.165) is 97.0 Å². The lowest BCUT2D eigenvalue weighted by atomic mass is 10.1. The average Bonchev–Trinajstić information content (AvgIpc) is 3.12. The zero-order chi connectivity index (χ0) is 37.5. The number of hydrogen-bond acceptors (Lipinski definition) is 7. The van der Waals surface area contributed by atoms with Crippen LogP contribution in [0.1, 0.15) is 155 Å². The minimum Gasteiger partial charge on any atom is -0.462 e. The molecule has 1 N–H and O–H groups in total. The van der Waals surface area contributed by atoms with Crippen molar-refractivity contribution in [2.24, 2.45) is 0 Å². The highest BCUT2D eigenvalue weighted by Gasteiger charge is 2.24. The molecule has 0 radical (unpaired) electrons. The fourth-order valence-corrected chi connectivity index (χ4v) is 5.37. The number of allylic oxidation sites excluding steroid dienone is 12. The molecule has 0 saturated heterocycles. The first kappa shape index (κ1) is 48.5. The van der Waals surface area contributed by atoms with Crippen LogP contribution in [0.3, 0.4) is 0 Å². The Bertz CT molecular complexity index is 1060. The zero-order valence-corrected chi connectivity index (χ0v) is 33.1. The number of esters is 2. The van der Waals surface area contributed by atoms with Crippen LogP contribution in [-0.4, -0.2) is 43.3 Å². The lowest BCUT2D eigenvalue weighted by Gasteiger charge is -2.19. The van der Waals surface area contributed by atoms with Gasteiger partial charge in [0.25, 0.3) is 0 Å². The number of phosphoric acid groups is 1. The van der Waals surface area contributed by atoms with Crippen LogP contribution in [0, 0.1) is 0 Å². The summed E-state index contributed by atoms with van der Waals surface area (Å²) in [6.07, 6.45) is 46.7. The van der Waals surface area contributed by atoms with Gasteiger partial charge in [-0.25, -0.2) is 4.57 Å². The Balaban J connectivity index is 4.12. The van der Waals surface area contributed by atoms with Crippen LogP contribution in [0.2, 0.25) is 0 Å². The van der Waals surface area contributed by atoms with Crippen LogP contribution in [-0.2, 0) is 32.7 Å². The van der Waals surface area contributed by atoms with Gasteiger partial charge in [0.1, 0.15) is 6.61 Å². The van der Waals surface area contributed by atoms with Gasteiger partial charge in [0.05, 0.1) is 6.61 Å². The summed E-state index contributed by atoms with van der Waals surface area (Å²) in [4.78, 5) is 34.4. The number of unbranched alkanes of at least 4 members (excludes halogenated alkanes) is 12. The van der Waals surface area contributed by atoms with E-state index in [1.165, 1.54) is 25.7 Å². The molecule has 51 heavy (non-hydrogen) atoms. The fraction of sp³-hybridized carbons (Fsp3) is 0.667. The summed E-state index contributed by atoms with van der Waals surface area (Å²) >= 11 is 0. The summed E-state index contributed by atoms with van der Waals surface area (Å²) in [5.41, 5.74) is 0. The maximum absolute atomic E-state index is 12.5. The van der Waals surface area contributed by atoms with Gasteiger partial charge in [-0.1, -0.05) is 132 Å². The third-order valence-corrected chi connectivity index (χ3v) is 8.87. The van der Waals surface area contributed by atoms with E-state index in [4.69, 9.17) is 14.0 Å². The highest BCUT2D eigenvalue weighted by atomic mass is 31.2. The van der Waals surface area contributed by atoms with Gasteiger partial charge in [-0.2, -0.15) is 0 Å². The monoisotopic (exact) mass is 734 g/mol. The molecule has 0 heterocycles. The number of rotatable bonds is 35. The Hall–Kier alpha value is -2.51. The average molecular weight is 735 g/mol. The van der Waals surface area contributed by atoms with Crippen molar-refractivity contribution in [2.75, 3.05) is 20.3 Å². The predicted molar refractivity (Wildman–Crippen MR) is 211 cm³/mol. The molecule has 9 heteroatoms. The minimum absolute atomic E-state index is 0.220. The summed E-state index contributed by atoms with van der Waals surface area (Å²) in [6, 6.07) is 0. The Labute approximate surface area is 311 Å². The van der Waals surface area contributed by atoms with Crippen molar-refractivity contribution in [3.63, 3.8) is 0 Å². The summed E-state index contributed by atoms with van der Waals surface area (Å²) in [5.74, 6) is -0.861. The van der Waals surface area contributed by atoms with Crippen LogP contribution >= 0.6 is 7.82 Å². The van der Waals surface area contributed by atoms with Gasteiger partial charge in [0, 0.05) is 20.0 Å². The van der Waals surface area contributed by atoms with Gasteiger partial charge in [-0.05, 0) is 83.5 Å². The van der Waals surface area contributed by atoms with Crippen LogP contribution in [0.15, 0.2) is 72.9 Å². The topological polar surface area (TPSA) is 108 Å². The van der Waals surface area contributed by atoms with Crippen molar-refractivity contribution >= 4 is 19.8 Å². The van der Waals surface area contributed by atoms with Gasteiger partial charge in [-0.15, -0.1) is 0 Å². The summed E-state index contributed by atoms with van der Waals surface area (Å²) in [5, 5.41) is 0. The SMILES string of the molecule is CC/C=C\C/C=C\C/C=C\CCCCCC(=O)OCC(COP(=O)(O)OC)OC(=O)CCCCCCCC/C=C\C/C=C\C/C=C\CCCCC. The molecular formula is C42H71O8P. The lowest BCUT2D eigenvalue weighted by Crippen LogP contribution is -2.29. The first-order valence-electron chi connectivity index (χ1n) is 19.6. The number of hydrogen-bond donors (Lipinski definition) is 1. The molecule has 0 rings (SSSR count). The largest absolute Gasteiger partial charge is 0.472 e. The molecule has 292 valence electrons. The quantitative estimate of drug-likeness (QED) is 0.0297. The second kappa shape index (κ2) is 37.3. The molecule has 0 amide bonds. The van der Waals surface area contributed by atoms with E-state index in [9.17, 15) is 19.0 Å². The van der Waals surface area contributed by atoms with Crippen molar-refractivity contribution in [2.45, 2.75) is 161 Å². The van der Waals surface area contributed by atoms with E-state index in [0.29, 0.717) is 12.8 Å². The van der Waals surface area contributed by atoms with E-state index in [1.54, 1.807) is 0 Å². The van der Waals surface area contributed by atoms with Gasteiger partial charge in [0.2, 0.25) is 0 Å². The lowest BCUT2D eigenvalue weighted by molar-refractivity contribution is -0.161. The molecule has 0 saturated carbocycles. The number of carbonyl (C=O) groups is 2. The first-order valence-corrected chi connectivity index (χ1v) is 21.1. The third-order valence-electron chi connectivity index (χ3n) is 7.93. The predicted octanol–water partition coefficient (Wildman–Crippen LogP) is 12.2. The van der Waals surface area contributed by atoms with Crippen LogP contribution in [0.5, 0.6) is 0 Å². The maximum Gasteiger partial charge on any atom is 0.472 e. The van der Waals surface area contributed by atoms with Crippen molar-refractivity contribution in [3.05, 3.63) is 72.9 Å². The third kappa shape index (κ3) is 37.1. The van der Waals surface area contributed by atoms with Crippen molar-refractivity contribution in [3.8, 4) is 0 Å². The smallest absolute Gasteiger partial charge is 0.462 e. The summed E-state index contributed by atoms with van der Waals surface area (Å²) in [7, 11) is -3.22. The maximum atomic E-state index is 12.5. The second-order valence-electron chi connectivity index (χ2n) is 12.7. The molecule has 0 aliphatic carbocycles. The molecule has 8 nitrogen and oxygen atoms in total. The van der Waals surface area contributed by atoms with Gasteiger partial charge >= 0.3 is 19.8 Å². The van der Waals surface area contributed by atoms with E-state index in [-0.39, 0.29) is 19.4 Å². The Morgan fingerprint density at radius 3 is 1.51 bits per heavy atom. The van der Waals surface area contributed by atoms with Crippen LogP contribution in [0.25, 0.3) is 0 Å². The van der Waals surface area contributed by atoms with Crippen molar-refractivity contribution in [1.29, 1.82) is 0 Å². The molecule has 0 bridgehead atoms. The first-order chi connectivity index (χ1) is 24.8. The summed E-state index contributed by atoms with van der Waals surface area (Å²) < 4.78 is 31.9. The van der Waals surface area contributed by atoms with Crippen molar-refractivity contribution in [1.82, 2.24) is 0 Å². The molecule has 0 aromatic carbocycles. The molecule has 0 spiro atoms. The van der Waals surface area contributed by atoms with E-state index < -0.39 is 32.5 Å². The second-order valence-corrected chi connectivity index (χ2v) is 14.2. The Kier molecular flexibility index (Phi) is 35.4.